The number of nitrogens with zero attached hydrogens (tertiary/aromatic N) is 3. The maximum Gasteiger partial charge on any atom is 0.274 e. The lowest BCUT2D eigenvalue weighted by Gasteiger charge is -2.06. The Balaban J connectivity index is 1.61. The van der Waals surface area contributed by atoms with Crippen molar-refractivity contribution in [1.29, 1.82) is 0 Å². The van der Waals surface area contributed by atoms with Crippen molar-refractivity contribution in [2.75, 3.05) is 12.4 Å². The third kappa shape index (κ3) is 5.48. The topological polar surface area (TPSA) is 69.0 Å². The molecule has 0 radical (unpaired) electrons. The van der Waals surface area contributed by atoms with Crippen LogP contribution in [0.4, 0.5) is 14.7 Å². The third-order valence-electron chi connectivity index (χ3n) is 4.82. The van der Waals surface area contributed by atoms with Gasteiger partial charge < -0.3 is 10.1 Å². The number of benzene rings is 3. The van der Waals surface area contributed by atoms with Crippen LogP contribution in [0.15, 0.2) is 78.9 Å². The standard InChI is InChI=1S/C25H20F2N4O2/c1-33-22-13-7-19(8-14-22)24-29-25(28-16-18-4-11-21(27)12-5-18)31(30-24)23(32)15-6-17-2-9-20(26)10-3-17/h2-15H,16H2,1H3,(H,28,29,30). The van der Waals surface area contributed by atoms with Crippen LogP contribution in [0.3, 0.4) is 0 Å². The number of nitrogens with one attached hydrogen (secondary N) is 1. The summed E-state index contributed by atoms with van der Waals surface area (Å²) in [5.41, 5.74) is 2.18. The molecule has 0 saturated carbocycles. The minimum atomic E-state index is -0.437. The molecule has 3 aromatic carbocycles. The lowest BCUT2D eigenvalue weighted by molar-refractivity contribution is 0.0957. The highest BCUT2D eigenvalue weighted by molar-refractivity contribution is 5.94. The number of halogens is 2. The second-order valence-corrected chi connectivity index (χ2v) is 7.10. The van der Waals surface area contributed by atoms with Crippen molar-refractivity contribution in [2.24, 2.45) is 0 Å². The summed E-state index contributed by atoms with van der Waals surface area (Å²) in [5.74, 6) is 0.150. The predicted molar refractivity (Wildman–Crippen MR) is 122 cm³/mol. The number of hydrogen-bond donors (Lipinski definition) is 1. The maximum absolute atomic E-state index is 13.2. The Morgan fingerprint density at radius 1 is 0.970 bits per heavy atom. The molecule has 8 heteroatoms. The van der Waals surface area contributed by atoms with Gasteiger partial charge in [0.2, 0.25) is 5.95 Å². The molecular formula is C25H20F2N4O2. The summed E-state index contributed by atoms with van der Waals surface area (Å²) in [6.07, 6.45) is 2.91. The molecule has 0 atom stereocenters. The Bertz CT molecular complexity index is 1270. The van der Waals surface area contributed by atoms with Gasteiger partial charge in [-0.3, -0.25) is 4.79 Å². The third-order valence-corrected chi connectivity index (χ3v) is 4.82. The van der Waals surface area contributed by atoms with E-state index >= 15 is 0 Å². The fraction of sp³-hybridized carbons (Fsp3) is 0.0800. The lowest BCUT2D eigenvalue weighted by atomic mass is 10.2. The number of hydrogen-bond acceptors (Lipinski definition) is 5. The average Bonchev–Trinajstić information content (AvgIpc) is 3.27. The Hall–Kier alpha value is -4.33. The second-order valence-electron chi connectivity index (χ2n) is 7.10. The van der Waals surface area contributed by atoms with E-state index in [2.05, 4.69) is 15.4 Å². The van der Waals surface area contributed by atoms with Gasteiger partial charge in [-0.15, -0.1) is 5.10 Å². The molecule has 1 N–H and O–H groups in total. The minimum absolute atomic E-state index is 0.235. The smallest absolute Gasteiger partial charge is 0.274 e. The van der Waals surface area contributed by atoms with Crippen LogP contribution in [0.5, 0.6) is 5.75 Å². The minimum Gasteiger partial charge on any atom is -0.497 e. The lowest BCUT2D eigenvalue weighted by Crippen LogP contribution is -2.14. The van der Waals surface area contributed by atoms with E-state index in [1.807, 2.05) is 0 Å². The molecule has 0 bridgehead atoms. The van der Waals surface area contributed by atoms with Gasteiger partial charge in [0, 0.05) is 18.2 Å². The largest absolute Gasteiger partial charge is 0.497 e. The number of aromatic nitrogens is 3. The van der Waals surface area contributed by atoms with Crippen molar-refractivity contribution < 1.29 is 18.3 Å². The highest BCUT2D eigenvalue weighted by atomic mass is 19.1. The van der Waals surface area contributed by atoms with Crippen molar-refractivity contribution >= 4 is 17.9 Å². The first kappa shape index (κ1) is 21.9. The van der Waals surface area contributed by atoms with Gasteiger partial charge in [-0.05, 0) is 65.7 Å². The van der Waals surface area contributed by atoms with Gasteiger partial charge in [-0.2, -0.15) is 9.67 Å². The van der Waals surface area contributed by atoms with Crippen LogP contribution in [-0.2, 0) is 6.54 Å². The molecule has 0 aliphatic rings. The number of carbonyl (C=O) groups is 1. The zero-order valence-corrected chi connectivity index (χ0v) is 17.7. The Morgan fingerprint density at radius 3 is 2.24 bits per heavy atom. The Morgan fingerprint density at radius 2 is 1.61 bits per heavy atom. The summed E-state index contributed by atoms with van der Waals surface area (Å²) in [6.45, 7) is 0.315. The molecule has 166 valence electrons. The zero-order valence-electron chi connectivity index (χ0n) is 17.7. The van der Waals surface area contributed by atoms with Crippen LogP contribution in [0.2, 0.25) is 0 Å². The SMILES string of the molecule is COc1ccc(-c2nc(NCc3ccc(F)cc3)n(C(=O)C=Cc3ccc(F)cc3)n2)cc1. The predicted octanol–water partition coefficient (Wildman–Crippen LogP) is 5.20. The van der Waals surface area contributed by atoms with E-state index in [0.717, 1.165) is 10.2 Å². The molecule has 4 rings (SSSR count). The van der Waals surface area contributed by atoms with Gasteiger partial charge >= 0.3 is 0 Å². The first-order valence-electron chi connectivity index (χ1n) is 10.1. The summed E-state index contributed by atoms with van der Waals surface area (Å²) in [4.78, 5) is 17.4. The van der Waals surface area contributed by atoms with Gasteiger partial charge in [-0.25, -0.2) is 8.78 Å². The molecule has 0 amide bonds. The molecule has 1 aromatic heterocycles. The molecule has 0 spiro atoms. The summed E-state index contributed by atoms with van der Waals surface area (Å²) in [6, 6.07) is 18.9. The molecular weight excluding hydrogens is 426 g/mol. The van der Waals surface area contributed by atoms with Gasteiger partial charge in [0.05, 0.1) is 7.11 Å². The van der Waals surface area contributed by atoms with Crippen molar-refractivity contribution in [3.8, 4) is 17.1 Å². The summed E-state index contributed by atoms with van der Waals surface area (Å²) < 4.78 is 32.6. The Labute approximate surface area is 189 Å². The molecule has 33 heavy (non-hydrogen) atoms. The van der Waals surface area contributed by atoms with Crippen LogP contribution in [-0.4, -0.2) is 27.8 Å². The van der Waals surface area contributed by atoms with E-state index in [1.165, 1.54) is 30.3 Å². The number of allylic oxidation sites excluding steroid dienone is 1. The number of anilines is 1. The quantitative estimate of drug-likeness (QED) is 0.395. The van der Waals surface area contributed by atoms with Gasteiger partial charge in [0.15, 0.2) is 5.82 Å². The molecule has 6 nitrogen and oxygen atoms in total. The van der Waals surface area contributed by atoms with E-state index < -0.39 is 5.91 Å². The van der Waals surface area contributed by atoms with Crippen molar-refractivity contribution in [3.63, 3.8) is 0 Å². The van der Waals surface area contributed by atoms with Crippen LogP contribution >= 0.6 is 0 Å². The van der Waals surface area contributed by atoms with Gasteiger partial charge in [0.1, 0.15) is 17.4 Å². The summed E-state index contributed by atoms with van der Waals surface area (Å²) in [7, 11) is 1.57. The van der Waals surface area contributed by atoms with Crippen molar-refractivity contribution in [2.45, 2.75) is 6.54 Å². The highest BCUT2D eigenvalue weighted by Gasteiger charge is 2.16. The summed E-state index contributed by atoms with van der Waals surface area (Å²) >= 11 is 0. The fourth-order valence-corrected chi connectivity index (χ4v) is 3.04. The molecule has 0 unspecified atom stereocenters. The van der Waals surface area contributed by atoms with Crippen LogP contribution in [0.1, 0.15) is 15.9 Å². The molecule has 0 saturated heterocycles. The zero-order chi connectivity index (χ0) is 23.2. The molecule has 0 fully saturated rings. The molecule has 0 aliphatic carbocycles. The number of rotatable bonds is 7. The highest BCUT2D eigenvalue weighted by Crippen LogP contribution is 2.22. The molecule has 4 aromatic rings. The normalized spacial score (nSPS) is 11.0. The first-order chi connectivity index (χ1) is 16.0. The van der Waals surface area contributed by atoms with E-state index in [0.29, 0.717) is 29.2 Å². The van der Waals surface area contributed by atoms with Crippen molar-refractivity contribution in [3.05, 3.63) is 102 Å². The summed E-state index contributed by atoms with van der Waals surface area (Å²) in [5, 5.41) is 7.46. The van der Waals surface area contributed by atoms with E-state index in [-0.39, 0.29) is 17.6 Å². The van der Waals surface area contributed by atoms with E-state index in [4.69, 9.17) is 4.74 Å². The van der Waals surface area contributed by atoms with Crippen LogP contribution in [0.25, 0.3) is 17.5 Å². The number of methoxy groups -OCH3 is 1. The molecule has 1 heterocycles. The van der Waals surface area contributed by atoms with E-state index in [1.54, 1.807) is 61.7 Å². The molecule has 0 aliphatic heterocycles. The first-order valence-corrected chi connectivity index (χ1v) is 10.1. The fourth-order valence-electron chi connectivity index (χ4n) is 3.04. The number of ether oxygens (including phenoxy) is 1. The second kappa shape index (κ2) is 9.86. The van der Waals surface area contributed by atoms with Gasteiger partial charge in [-0.1, -0.05) is 24.3 Å². The van der Waals surface area contributed by atoms with E-state index in [9.17, 15) is 13.6 Å². The van der Waals surface area contributed by atoms with Gasteiger partial charge in [0.25, 0.3) is 5.91 Å². The maximum atomic E-state index is 13.2. The monoisotopic (exact) mass is 446 g/mol. The number of carbonyl (C=O) groups excluding carboxylic acids is 1. The van der Waals surface area contributed by atoms with Crippen LogP contribution < -0.4 is 10.1 Å². The Kier molecular flexibility index (Phi) is 6.54. The average molecular weight is 446 g/mol. The van der Waals surface area contributed by atoms with Crippen molar-refractivity contribution in [1.82, 2.24) is 14.8 Å². The van der Waals surface area contributed by atoms with Crippen LogP contribution in [0, 0.1) is 11.6 Å².